The molecule has 0 radical (unpaired) electrons. The summed E-state index contributed by atoms with van der Waals surface area (Å²) in [5, 5.41) is 2.62. The number of carbonyl (C=O) groups is 1. The molecule has 0 aromatic rings. The van der Waals surface area contributed by atoms with Crippen LogP contribution in [0.4, 0.5) is 4.79 Å². The summed E-state index contributed by atoms with van der Waals surface area (Å²) in [5.74, 6) is 0.718. The fraction of sp³-hybridized carbons (Fsp3) is 0.667. The van der Waals surface area contributed by atoms with Gasteiger partial charge >= 0.3 is 6.03 Å². The standard InChI is InChI=1S/C3H6N2OS/c1-5-3(6)4-2-7-5/h2H2,1H3,(H,4,6). The fourth-order valence-corrected chi connectivity index (χ4v) is 0.924. The molecule has 0 unspecified atom stereocenters. The van der Waals surface area contributed by atoms with Gasteiger partial charge in [-0.25, -0.2) is 4.79 Å². The lowest BCUT2D eigenvalue weighted by molar-refractivity contribution is 0.235. The second-order valence-corrected chi connectivity index (χ2v) is 2.35. The van der Waals surface area contributed by atoms with Crippen LogP contribution in [0.3, 0.4) is 0 Å². The molecular weight excluding hydrogens is 112 g/mol. The number of carbonyl (C=O) groups excluding carboxylic acids is 1. The Kier molecular flexibility index (Phi) is 1.10. The van der Waals surface area contributed by atoms with Crippen LogP contribution in [0.2, 0.25) is 0 Å². The zero-order chi connectivity index (χ0) is 5.28. The Balaban J connectivity index is 2.48. The van der Waals surface area contributed by atoms with Crippen LogP contribution in [0.1, 0.15) is 0 Å². The first-order chi connectivity index (χ1) is 3.30. The van der Waals surface area contributed by atoms with Gasteiger partial charge in [0.2, 0.25) is 0 Å². The van der Waals surface area contributed by atoms with Crippen molar-refractivity contribution in [2.24, 2.45) is 0 Å². The van der Waals surface area contributed by atoms with Gasteiger partial charge in [-0.3, -0.25) is 4.31 Å². The molecule has 1 saturated heterocycles. The normalized spacial score (nSPS) is 20.1. The number of urea groups is 1. The average Bonchev–Trinajstić information content (AvgIpc) is 1.91. The van der Waals surface area contributed by atoms with Crippen molar-refractivity contribution in [1.82, 2.24) is 9.62 Å². The largest absolute Gasteiger partial charge is 0.327 e. The highest BCUT2D eigenvalue weighted by atomic mass is 32.2. The molecule has 0 aliphatic carbocycles. The summed E-state index contributed by atoms with van der Waals surface area (Å²) in [7, 11) is 1.74. The van der Waals surface area contributed by atoms with Crippen molar-refractivity contribution in [3.8, 4) is 0 Å². The van der Waals surface area contributed by atoms with Crippen molar-refractivity contribution in [2.75, 3.05) is 12.9 Å². The lowest BCUT2D eigenvalue weighted by atomic mass is 11.0. The predicted octanol–water partition coefficient (Wildman–Crippen LogP) is 0.247. The lowest BCUT2D eigenvalue weighted by Gasteiger charge is -1.99. The third-order valence-electron chi connectivity index (χ3n) is 0.768. The highest BCUT2D eigenvalue weighted by molar-refractivity contribution is 7.97. The first kappa shape index (κ1) is 4.77. The smallest absolute Gasteiger partial charge is 0.326 e. The van der Waals surface area contributed by atoms with Crippen LogP contribution in [0.15, 0.2) is 0 Å². The average molecular weight is 118 g/mol. The molecule has 0 saturated carbocycles. The number of hydrogen-bond acceptors (Lipinski definition) is 2. The fourth-order valence-electron chi connectivity index (χ4n) is 0.361. The number of nitrogens with one attached hydrogen (secondary N) is 1. The van der Waals surface area contributed by atoms with Crippen LogP contribution in [0, 0.1) is 0 Å². The molecular formula is C3H6N2OS. The molecule has 7 heavy (non-hydrogen) atoms. The molecule has 1 aliphatic rings. The summed E-state index contributed by atoms with van der Waals surface area (Å²) in [6, 6.07) is 0.00463. The zero-order valence-electron chi connectivity index (χ0n) is 3.97. The Morgan fingerprint density at radius 1 is 2.00 bits per heavy atom. The monoisotopic (exact) mass is 118 g/mol. The van der Waals surface area contributed by atoms with E-state index in [9.17, 15) is 4.79 Å². The molecule has 0 atom stereocenters. The second-order valence-electron chi connectivity index (χ2n) is 1.25. The molecule has 0 aromatic heterocycles. The molecule has 1 N–H and O–H groups in total. The van der Waals surface area contributed by atoms with E-state index in [0.29, 0.717) is 0 Å². The SMILES string of the molecule is CN1SCNC1=O. The zero-order valence-corrected chi connectivity index (χ0v) is 4.79. The van der Waals surface area contributed by atoms with Crippen LogP contribution < -0.4 is 5.32 Å². The van der Waals surface area contributed by atoms with Gasteiger partial charge in [-0.2, -0.15) is 0 Å². The molecule has 0 bridgehead atoms. The van der Waals surface area contributed by atoms with Crippen molar-refractivity contribution in [2.45, 2.75) is 0 Å². The molecule has 1 aliphatic heterocycles. The molecule has 0 aromatic carbocycles. The van der Waals surface area contributed by atoms with E-state index in [1.165, 1.54) is 11.9 Å². The number of rotatable bonds is 0. The molecule has 2 amide bonds. The third kappa shape index (κ3) is 0.796. The van der Waals surface area contributed by atoms with Gasteiger partial charge in [0.25, 0.3) is 0 Å². The maximum absolute atomic E-state index is 10.4. The summed E-state index contributed by atoms with van der Waals surface area (Å²) < 4.78 is 1.57. The Morgan fingerprint density at radius 2 is 2.71 bits per heavy atom. The van der Waals surface area contributed by atoms with Gasteiger partial charge in [0.05, 0.1) is 5.88 Å². The molecule has 1 rings (SSSR count). The topological polar surface area (TPSA) is 32.3 Å². The molecule has 40 valence electrons. The third-order valence-corrected chi connectivity index (χ3v) is 1.59. The van der Waals surface area contributed by atoms with Crippen molar-refractivity contribution < 1.29 is 4.79 Å². The highest BCUT2D eigenvalue weighted by Crippen LogP contribution is 2.09. The quantitative estimate of drug-likeness (QED) is 0.462. The van der Waals surface area contributed by atoms with Crippen LogP contribution in [-0.2, 0) is 0 Å². The lowest BCUT2D eigenvalue weighted by Crippen LogP contribution is -2.21. The Hall–Kier alpha value is -0.380. The van der Waals surface area contributed by atoms with Gasteiger partial charge in [0.1, 0.15) is 0 Å². The van der Waals surface area contributed by atoms with Crippen LogP contribution >= 0.6 is 11.9 Å². The van der Waals surface area contributed by atoms with Gasteiger partial charge < -0.3 is 5.32 Å². The predicted molar refractivity (Wildman–Crippen MR) is 28.8 cm³/mol. The molecule has 1 heterocycles. The minimum atomic E-state index is 0.00463. The summed E-state index contributed by atoms with van der Waals surface area (Å²) in [6.07, 6.45) is 0. The summed E-state index contributed by atoms with van der Waals surface area (Å²) in [6.45, 7) is 0. The number of amides is 2. The minimum absolute atomic E-state index is 0.00463. The van der Waals surface area contributed by atoms with E-state index in [4.69, 9.17) is 0 Å². The van der Waals surface area contributed by atoms with E-state index >= 15 is 0 Å². The summed E-state index contributed by atoms with van der Waals surface area (Å²) >= 11 is 1.48. The van der Waals surface area contributed by atoms with E-state index < -0.39 is 0 Å². The van der Waals surface area contributed by atoms with E-state index in [1.807, 2.05) is 0 Å². The Labute approximate surface area is 46.2 Å². The van der Waals surface area contributed by atoms with E-state index in [0.717, 1.165) is 5.88 Å². The highest BCUT2D eigenvalue weighted by Gasteiger charge is 2.14. The maximum Gasteiger partial charge on any atom is 0.327 e. The molecule has 0 spiro atoms. The summed E-state index contributed by atoms with van der Waals surface area (Å²) in [4.78, 5) is 10.4. The van der Waals surface area contributed by atoms with E-state index in [-0.39, 0.29) is 6.03 Å². The van der Waals surface area contributed by atoms with Gasteiger partial charge in [-0.05, 0) is 11.9 Å². The first-order valence-corrected chi connectivity index (χ1v) is 2.89. The molecule has 4 heteroatoms. The minimum Gasteiger partial charge on any atom is -0.326 e. The number of hydrogen-bond donors (Lipinski definition) is 1. The van der Waals surface area contributed by atoms with Crippen LogP contribution in [0.5, 0.6) is 0 Å². The molecule has 1 fully saturated rings. The van der Waals surface area contributed by atoms with Crippen LogP contribution in [-0.4, -0.2) is 23.3 Å². The van der Waals surface area contributed by atoms with Crippen molar-refractivity contribution in [1.29, 1.82) is 0 Å². The van der Waals surface area contributed by atoms with Crippen LogP contribution in [0.25, 0.3) is 0 Å². The van der Waals surface area contributed by atoms with Gasteiger partial charge in [0, 0.05) is 7.05 Å². The Morgan fingerprint density at radius 3 is 2.86 bits per heavy atom. The molecule has 3 nitrogen and oxygen atoms in total. The van der Waals surface area contributed by atoms with E-state index in [2.05, 4.69) is 5.32 Å². The van der Waals surface area contributed by atoms with Crippen molar-refractivity contribution in [3.05, 3.63) is 0 Å². The Bertz CT molecular complexity index is 94.9. The van der Waals surface area contributed by atoms with Gasteiger partial charge in [-0.15, -0.1) is 0 Å². The van der Waals surface area contributed by atoms with Gasteiger partial charge in [0.15, 0.2) is 0 Å². The van der Waals surface area contributed by atoms with E-state index in [1.54, 1.807) is 11.4 Å². The second kappa shape index (κ2) is 1.61. The number of nitrogens with zero attached hydrogens (tertiary/aromatic N) is 1. The van der Waals surface area contributed by atoms with Gasteiger partial charge in [-0.1, -0.05) is 0 Å². The summed E-state index contributed by atoms with van der Waals surface area (Å²) in [5.41, 5.74) is 0. The van der Waals surface area contributed by atoms with Crippen molar-refractivity contribution in [3.63, 3.8) is 0 Å². The maximum atomic E-state index is 10.4. The first-order valence-electron chi connectivity index (χ1n) is 1.95. The van der Waals surface area contributed by atoms with Crippen molar-refractivity contribution >= 4 is 18.0 Å².